The van der Waals surface area contributed by atoms with Crippen LogP contribution in [0.1, 0.15) is 23.7 Å². The maximum Gasteiger partial charge on any atom is 0.0416 e. The molecule has 0 atom stereocenters. The van der Waals surface area contributed by atoms with Gasteiger partial charge in [-0.05, 0) is 29.7 Å². The minimum Gasteiger partial charge on any atom is -0.312 e. The fourth-order valence-electron chi connectivity index (χ4n) is 1.89. The van der Waals surface area contributed by atoms with Gasteiger partial charge in [0.15, 0.2) is 0 Å². The van der Waals surface area contributed by atoms with E-state index in [0.29, 0.717) is 0 Å². The van der Waals surface area contributed by atoms with Crippen molar-refractivity contribution in [3.63, 3.8) is 0 Å². The molecule has 18 heavy (non-hydrogen) atoms. The Morgan fingerprint density at radius 2 is 1.78 bits per heavy atom. The highest BCUT2D eigenvalue weighted by Gasteiger charge is 1.95. The predicted octanol–water partition coefficient (Wildman–Crippen LogP) is 2.98. The number of benzene rings is 1. The number of hydrogen-bond acceptors (Lipinski definition) is 2. The third-order valence-electron chi connectivity index (χ3n) is 3.04. The topological polar surface area (TPSA) is 24.9 Å². The number of rotatable bonds is 6. The molecule has 0 fully saturated rings. The van der Waals surface area contributed by atoms with Crippen molar-refractivity contribution < 1.29 is 0 Å². The van der Waals surface area contributed by atoms with E-state index >= 15 is 0 Å². The highest BCUT2D eigenvalue weighted by atomic mass is 14.8. The molecule has 2 aromatic rings. The van der Waals surface area contributed by atoms with Crippen LogP contribution in [-0.2, 0) is 19.4 Å². The molecule has 1 heterocycles. The van der Waals surface area contributed by atoms with Crippen LogP contribution in [0.3, 0.4) is 0 Å². The standard InChI is InChI=1S/C16H20N2/c1-2-14-6-8-15(9-7-14)13-17-12-10-16-5-3-4-11-18-16/h3-9,11,17H,2,10,12-13H2,1H3. The van der Waals surface area contributed by atoms with Crippen LogP contribution in [0.4, 0.5) is 0 Å². The summed E-state index contributed by atoms with van der Waals surface area (Å²) in [6.45, 7) is 4.07. The van der Waals surface area contributed by atoms with Crippen LogP contribution in [0.25, 0.3) is 0 Å². The molecule has 1 aromatic heterocycles. The largest absolute Gasteiger partial charge is 0.312 e. The molecule has 0 amide bonds. The lowest BCUT2D eigenvalue weighted by molar-refractivity contribution is 0.680. The van der Waals surface area contributed by atoms with E-state index in [0.717, 1.165) is 31.6 Å². The second-order valence-electron chi connectivity index (χ2n) is 4.42. The molecule has 0 saturated heterocycles. The Kier molecular flexibility index (Phi) is 4.91. The number of nitrogens with zero attached hydrogens (tertiary/aromatic N) is 1. The molecule has 94 valence electrons. The van der Waals surface area contributed by atoms with Crippen molar-refractivity contribution in [1.29, 1.82) is 0 Å². The van der Waals surface area contributed by atoms with E-state index in [9.17, 15) is 0 Å². The van der Waals surface area contributed by atoms with E-state index < -0.39 is 0 Å². The molecule has 0 bridgehead atoms. The summed E-state index contributed by atoms with van der Waals surface area (Å²) >= 11 is 0. The zero-order chi connectivity index (χ0) is 12.6. The van der Waals surface area contributed by atoms with Crippen molar-refractivity contribution in [1.82, 2.24) is 10.3 Å². The first-order valence-electron chi connectivity index (χ1n) is 6.57. The van der Waals surface area contributed by atoms with Crippen molar-refractivity contribution in [2.24, 2.45) is 0 Å². The average molecular weight is 240 g/mol. The number of aromatic nitrogens is 1. The van der Waals surface area contributed by atoms with Crippen LogP contribution in [0, 0.1) is 0 Å². The van der Waals surface area contributed by atoms with Gasteiger partial charge in [-0.2, -0.15) is 0 Å². The van der Waals surface area contributed by atoms with Crippen LogP contribution in [0.2, 0.25) is 0 Å². The van der Waals surface area contributed by atoms with Gasteiger partial charge in [-0.3, -0.25) is 4.98 Å². The van der Waals surface area contributed by atoms with E-state index in [-0.39, 0.29) is 0 Å². The van der Waals surface area contributed by atoms with Crippen LogP contribution in [0.5, 0.6) is 0 Å². The number of hydrogen-bond donors (Lipinski definition) is 1. The molecule has 2 heteroatoms. The third kappa shape index (κ3) is 3.97. The maximum atomic E-state index is 4.31. The van der Waals surface area contributed by atoms with E-state index in [1.807, 2.05) is 18.3 Å². The highest BCUT2D eigenvalue weighted by Crippen LogP contribution is 2.04. The van der Waals surface area contributed by atoms with Crippen molar-refractivity contribution in [2.75, 3.05) is 6.54 Å². The first-order valence-corrected chi connectivity index (χ1v) is 6.57. The smallest absolute Gasteiger partial charge is 0.0416 e. The zero-order valence-corrected chi connectivity index (χ0v) is 10.9. The molecule has 0 radical (unpaired) electrons. The Morgan fingerprint density at radius 3 is 2.44 bits per heavy atom. The number of nitrogens with one attached hydrogen (secondary N) is 1. The Balaban J connectivity index is 1.72. The lowest BCUT2D eigenvalue weighted by Crippen LogP contribution is -2.17. The van der Waals surface area contributed by atoms with E-state index in [1.165, 1.54) is 11.1 Å². The third-order valence-corrected chi connectivity index (χ3v) is 3.04. The molecular weight excluding hydrogens is 220 g/mol. The Bertz CT molecular complexity index is 448. The van der Waals surface area contributed by atoms with E-state index in [1.54, 1.807) is 0 Å². The molecule has 0 aliphatic carbocycles. The second kappa shape index (κ2) is 6.92. The Morgan fingerprint density at radius 1 is 1.00 bits per heavy atom. The van der Waals surface area contributed by atoms with Crippen molar-refractivity contribution >= 4 is 0 Å². The van der Waals surface area contributed by atoms with Gasteiger partial charge in [0.05, 0.1) is 0 Å². The quantitative estimate of drug-likeness (QED) is 0.785. The molecule has 1 N–H and O–H groups in total. The predicted molar refractivity (Wildman–Crippen MR) is 75.5 cm³/mol. The normalized spacial score (nSPS) is 10.5. The molecule has 0 aliphatic rings. The van der Waals surface area contributed by atoms with Gasteiger partial charge >= 0.3 is 0 Å². The summed E-state index contributed by atoms with van der Waals surface area (Å²) < 4.78 is 0. The summed E-state index contributed by atoms with van der Waals surface area (Å²) in [5.41, 5.74) is 3.88. The summed E-state index contributed by atoms with van der Waals surface area (Å²) in [4.78, 5) is 4.31. The molecule has 2 nitrogen and oxygen atoms in total. The first kappa shape index (κ1) is 12.8. The molecule has 0 spiro atoms. The summed E-state index contributed by atoms with van der Waals surface area (Å²) in [7, 11) is 0. The molecule has 0 saturated carbocycles. The van der Waals surface area contributed by atoms with Gasteiger partial charge in [0.2, 0.25) is 0 Å². The second-order valence-corrected chi connectivity index (χ2v) is 4.42. The monoisotopic (exact) mass is 240 g/mol. The van der Waals surface area contributed by atoms with Crippen LogP contribution >= 0.6 is 0 Å². The Labute approximate surface area is 109 Å². The van der Waals surface area contributed by atoms with Crippen molar-refractivity contribution in [3.05, 3.63) is 65.5 Å². The van der Waals surface area contributed by atoms with Gasteiger partial charge < -0.3 is 5.32 Å². The Hall–Kier alpha value is -1.67. The molecule has 2 rings (SSSR count). The SMILES string of the molecule is CCc1ccc(CNCCc2ccccn2)cc1. The van der Waals surface area contributed by atoms with Crippen molar-refractivity contribution in [3.8, 4) is 0 Å². The minimum absolute atomic E-state index is 0.927. The van der Waals surface area contributed by atoms with Crippen LogP contribution in [0.15, 0.2) is 48.7 Å². The lowest BCUT2D eigenvalue weighted by atomic mass is 10.1. The fourth-order valence-corrected chi connectivity index (χ4v) is 1.89. The van der Waals surface area contributed by atoms with Gasteiger partial charge in [-0.25, -0.2) is 0 Å². The summed E-state index contributed by atoms with van der Waals surface area (Å²) in [5, 5.41) is 3.45. The molecule has 0 aliphatic heterocycles. The summed E-state index contributed by atoms with van der Waals surface area (Å²) in [6, 6.07) is 14.9. The summed E-state index contributed by atoms with van der Waals surface area (Å²) in [6.07, 6.45) is 3.93. The first-order chi connectivity index (χ1) is 8.88. The molecular formula is C16H20N2. The number of aryl methyl sites for hydroxylation is 1. The van der Waals surface area contributed by atoms with Gasteiger partial charge in [0, 0.05) is 31.4 Å². The van der Waals surface area contributed by atoms with Crippen molar-refractivity contribution in [2.45, 2.75) is 26.3 Å². The number of pyridine rings is 1. The van der Waals surface area contributed by atoms with Crippen LogP contribution in [-0.4, -0.2) is 11.5 Å². The highest BCUT2D eigenvalue weighted by molar-refractivity contribution is 5.22. The van der Waals surface area contributed by atoms with Crippen LogP contribution < -0.4 is 5.32 Å². The zero-order valence-electron chi connectivity index (χ0n) is 10.9. The average Bonchev–Trinajstić information content (AvgIpc) is 2.45. The van der Waals surface area contributed by atoms with E-state index in [4.69, 9.17) is 0 Å². The van der Waals surface area contributed by atoms with Gasteiger partial charge in [0.25, 0.3) is 0 Å². The minimum atomic E-state index is 0.927. The van der Waals surface area contributed by atoms with E-state index in [2.05, 4.69) is 47.6 Å². The lowest BCUT2D eigenvalue weighted by Gasteiger charge is -2.05. The fraction of sp³-hybridized carbons (Fsp3) is 0.312. The summed E-state index contributed by atoms with van der Waals surface area (Å²) in [5.74, 6) is 0. The molecule has 0 unspecified atom stereocenters. The van der Waals surface area contributed by atoms with Gasteiger partial charge in [0.1, 0.15) is 0 Å². The maximum absolute atomic E-state index is 4.31. The van der Waals surface area contributed by atoms with Gasteiger partial charge in [-0.1, -0.05) is 37.3 Å². The molecule has 1 aromatic carbocycles. The van der Waals surface area contributed by atoms with Gasteiger partial charge in [-0.15, -0.1) is 0 Å².